The number of halogens is 2. The molecule has 2 aromatic carbocycles. The molecule has 28 heavy (non-hydrogen) atoms. The minimum absolute atomic E-state index is 0.00978. The second-order valence-electron chi connectivity index (χ2n) is 6.81. The Morgan fingerprint density at radius 1 is 1.21 bits per heavy atom. The highest BCUT2D eigenvalue weighted by Crippen LogP contribution is 2.35. The first-order chi connectivity index (χ1) is 13.6. The third-order valence-electron chi connectivity index (χ3n) is 4.83. The smallest absolute Gasteiger partial charge is 0.163 e. The lowest BCUT2D eigenvalue weighted by Gasteiger charge is -2.23. The van der Waals surface area contributed by atoms with Crippen LogP contribution in [0.15, 0.2) is 41.1 Å². The number of phenolic OH excluding ortho intramolecular Hbond substituents is 1. The topological polar surface area (TPSA) is 79.3 Å². The Kier molecular flexibility index (Phi) is 5.59. The fourth-order valence-electron chi connectivity index (χ4n) is 3.26. The largest absolute Gasteiger partial charge is 0.504 e. The van der Waals surface area contributed by atoms with Gasteiger partial charge in [0.2, 0.25) is 0 Å². The van der Waals surface area contributed by atoms with Crippen LogP contribution < -0.4 is 15.4 Å². The van der Waals surface area contributed by atoms with Crippen molar-refractivity contribution in [3.63, 3.8) is 0 Å². The Labute approximate surface area is 170 Å². The van der Waals surface area contributed by atoms with Crippen molar-refractivity contribution in [3.8, 4) is 11.5 Å². The molecule has 1 saturated heterocycles. The van der Waals surface area contributed by atoms with Crippen molar-refractivity contribution in [2.45, 2.75) is 12.8 Å². The number of fused-ring (bicyclic) bond motifs is 1. The summed E-state index contributed by atoms with van der Waals surface area (Å²) in [4.78, 5) is 8.46. The van der Waals surface area contributed by atoms with Crippen molar-refractivity contribution in [3.05, 3.63) is 46.9 Å². The van der Waals surface area contributed by atoms with Crippen LogP contribution in [0, 0.1) is 11.7 Å². The summed E-state index contributed by atoms with van der Waals surface area (Å²) in [5, 5.41) is 17.3. The van der Waals surface area contributed by atoms with Gasteiger partial charge in [-0.05, 0) is 56.1 Å². The summed E-state index contributed by atoms with van der Waals surface area (Å²) in [6.07, 6.45) is 3.52. The number of phenols is 1. The number of nitrogens with zero attached hydrogens (tertiary/aromatic N) is 2. The Hall–Kier alpha value is -2.45. The normalized spacial score (nSPS) is 14.9. The predicted octanol–water partition coefficient (Wildman–Crippen LogP) is 4.36. The second-order valence-corrected chi connectivity index (χ2v) is 7.73. The molecule has 3 aromatic rings. The van der Waals surface area contributed by atoms with Gasteiger partial charge < -0.3 is 20.5 Å². The summed E-state index contributed by atoms with van der Waals surface area (Å²) in [5.74, 6) is 0.874. The lowest BCUT2D eigenvalue weighted by molar-refractivity contribution is 0.209. The number of anilines is 2. The average Bonchev–Trinajstić information content (AvgIpc) is 2.70. The number of hydrogen-bond acceptors (Lipinski definition) is 6. The van der Waals surface area contributed by atoms with Gasteiger partial charge in [0.05, 0.1) is 17.8 Å². The first-order valence-electron chi connectivity index (χ1n) is 9.13. The number of aromatic nitrogens is 2. The third-order valence-corrected chi connectivity index (χ3v) is 5.33. The monoisotopic (exact) mass is 446 g/mol. The van der Waals surface area contributed by atoms with Gasteiger partial charge in [-0.25, -0.2) is 14.4 Å². The molecule has 8 heteroatoms. The minimum atomic E-state index is -0.410. The molecule has 0 unspecified atom stereocenters. The van der Waals surface area contributed by atoms with Gasteiger partial charge in [-0.3, -0.25) is 0 Å². The number of ether oxygens (including phenoxy) is 1. The SMILES string of the molecule is Oc1cc2c(Nc3ccc(Br)cc3F)ncnc2cc1OCC1CCNCC1. The molecule has 1 fully saturated rings. The Morgan fingerprint density at radius 3 is 2.82 bits per heavy atom. The second kappa shape index (κ2) is 8.28. The van der Waals surface area contributed by atoms with Gasteiger partial charge >= 0.3 is 0 Å². The maximum Gasteiger partial charge on any atom is 0.163 e. The number of benzene rings is 2. The van der Waals surface area contributed by atoms with Gasteiger partial charge in [0.1, 0.15) is 18.0 Å². The molecule has 2 heterocycles. The number of rotatable bonds is 5. The summed E-state index contributed by atoms with van der Waals surface area (Å²) in [5.41, 5.74) is 0.891. The number of piperidine rings is 1. The van der Waals surface area contributed by atoms with Crippen molar-refractivity contribution in [1.82, 2.24) is 15.3 Å². The highest BCUT2D eigenvalue weighted by atomic mass is 79.9. The van der Waals surface area contributed by atoms with Gasteiger partial charge in [-0.15, -0.1) is 0 Å². The Morgan fingerprint density at radius 2 is 2.04 bits per heavy atom. The van der Waals surface area contributed by atoms with Crippen LogP contribution in [0.2, 0.25) is 0 Å². The highest BCUT2D eigenvalue weighted by Gasteiger charge is 2.16. The van der Waals surface area contributed by atoms with Crippen LogP contribution in [0.1, 0.15) is 12.8 Å². The van der Waals surface area contributed by atoms with E-state index in [0.29, 0.717) is 39.5 Å². The van der Waals surface area contributed by atoms with Crippen LogP contribution in [0.3, 0.4) is 0 Å². The van der Waals surface area contributed by atoms with E-state index in [0.717, 1.165) is 25.9 Å². The molecule has 1 aliphatic heterocycles. The fourth-order valence-corrected chi connectivity index (χ4v) is 3.60. The molecule has 0 radical (unpaired) electrons. The van der Waals surface area contributed by atoms with Gasteiger partial charge in [0.25, 0.3) is 0 Å². The molecule has 3 N–H and O–H groups in total. The van der Waals surface area contributed by atoms with E-state index in [9.17, 15) is 9.50 Å². The lowest BCUT2D eigenvalue weighted by atomic mass is 9.99. The van der Waals surface area contributed by atoms with Gasteiger partial charge in [0, 0.05) is 15.9 Å². The Bertz CT molecular complexity index is 995. The first-order valence-corrected chi connectivity index (χ1v) is 9.93. The number of nitrogens with one attached hydrogen (secondary N) is 2. The van der Waals surface area contributed by atoms with Gasteiger partial charge in [-0.1, -0.05) is 15.9 Å². The zero-order chi connectivity index (χ0) is 19.5. The van der Waals surface area contributed by atoms with Gasteiger partial charge in [0.15, 0.2) is 11.5 Å². The van der Waals surface area contributed by atoms with E-state index >= 15 is 0 Å². The molecule has 0 atom stereocenters. The van der Waals surface area contributed by atoms with Crippen LogP contribution >= 0.6 is 15.9 Å². The molecule has 1 aliphatic rings. The third kappa shape index (κ3) is 4.18. The van der Waals surface area contributed by atoms with Crippen LogP contribution in [-0.2, 0) is 0 Å². The molecule has 0 amide bonds. The molecule has 0 saturated carbocycles. The van der Waals surface area contributed by atoms with Crippen molar-refractivity contribution in [2.24, 2.45) is 5.92 Å². The highest BCUT2D eigenvalue weighted by molar-refractivity contribution is 9.10. The summed E-state index contributed by atoms with van der Waals surface area (Å²) in [6.45, 7) is 2.54. The summed E-state index contributed by atoms with van der Waals surface area (Å²) in [6, 6.07) is 7.96. The molecule has 1 aromatic heterocycles. The van der Waals surface area contributed by atoms with Crippen LogP contribution in [-0.4, -0.2) is 34.8 Å². The zero-order valence-corrected chi connectivity index (χ0v) is 16.7. The van der Waals surface area contributed by atoms with Crippen molar-refractivity contribution in [1.29, 1.82) is 0 Å². The maximum atomic E-state index is 14.1. The molecule has 4 rings (SSSR count). The quantitative estimate of drug-likeness (QED) is 0.540. The minimum Gasteiger partial charge on any atom is -0.504 e. The van der Waals surface area contributed by atoms with E-state index < -0.39 is 5.82 Å². The van der Waals surface area contributed by atoms with E-state index in [2.05, 4.69) is 36.5 Å². The van der Waals surface area contributed by atoms with Crippen molar-refractivity contribution < 1.29 is 14.2 Å². The number of aromatic hydroxyl groups is 1. The molecule has 146 valence electrons. The van der Waals surface area contributed by atoms with Crippen molar-refractivity contribution in [2.75, 3.05) is 25.0 Å². The summed E-state index contributed by atoms with van der Waals surface area (Å²) >= 11 is 3.24. The van der Waals surface area contributed by atoms with E-state index in [4.69, 9.17) is 4.74 Å². The van der Waals surface area contributed by atoms with E-state index in [1.165, 1.54) is 12.4 Å². The van der Waals surface area contributed by atoms with E-state index in [1.807, 2.05) is 0 Å². The first kappa shape index (κ1) is 18.9. The maximum absolute atomic E-state index is 14.1. The van der Waals surface area contributed by atoms with Crippen molar-refractivity contribution >= 4 is 38.3 Å². The van der Waals surface area contributed by atoms with Crippen LogP contribution in [0.4, 0.5) is 15.9 Å². The molecule has 0 bridgehead atoms. The average molecular weight is 447 g/mol. The fraction of sp³-hybridized carbons (Fsp3) is 0.300. The molecular weight excluding hydrogens is 427 g/mol. The summed E-state index contributed by atoms with van der Waals surface area (Å²) in [7, 11) is 0. The summed E-state index contributed by atoms with van der Waals surface area (Å²) < 4.78 is 20.6. The molecule has 0 aliphatic carbocycles. The standard InChI is InChI=1S/C20H20BrFN4O2/c21-13-1-2-16(15(22)7-13)26-20-14-8-18(27)19(9-17(14)24-11-25-20)28-10-12-3-5-23-6-4-12/h1-2,7-9,11-12,23,27H,3-6,10H2,(H,24,25,26). The number of hydrogen-bond donors (Lipinski definition) is 3. The molecule has 0 spiro atoms. The van der Waals surface area contributed by atoms with Gasteiger partial charge in [-0.2, -0.15) is 0 Å². The molecule has 6 nitrogen and oxygen atoms in total. The molecular formula is C20H20BrFN4O2. The van der Waals surface area contributed by atoms with Crippen LogP contribution in [0.25, 0.3) is 10.9 Å². The Balaban J connectivity index is 1.58. The van der Waals surface area contributed by atoms with Crippen LogP contribution in [0.5, 0.6) is 11.5 Å². The van der Waals surface area contributed by atoms with E-state index in [1.54, 1.807) is 24.3 Å². The predicted molar refractivity (Wildman–Crippen MR) is 110 cm³/mol. The zero-order valence-electron chi connectivity index (χ0n) is 15.1. The lowest BCUT2D eigenvalue weighted by Crippen LogP contribution is -2.30. The van der Waals surface area contributed by atoms with E-state index in [-0.39, 0.29) is 11.4 Å².